The van der Waals surface area contributed by atoms with Gasteiger partial charge in [0.05, 0.1) is 11.4 Å². The van der Waals surface area contributed by atoms with E-state index < -0.39 is 0 Å². The maximum atomic E-state index is 6.06. The van der Waals surface area contributed by atoms with Crippen molar-refractivity contribution in [2.24, 2.45) is 10.1 Å². The lowest BCUT2D eigenvalue weighted by Crippen LogP contribution is -2.27. The second kappa shape index (κ2) is 6.55. The molecule has 0 bridgehead atoms. The van der Waals surface area contributed by atoms with Crippen LogP contribution in [0.2, 0.25) is 5.02 Å². The fraction of sp³-hybridized carbons (Fsp3) is 0.176. The molecule has 0 saturated carbocycles. The largest absolute Gasteiger partial charge is 0.245 e. The summed E-state index contributed by atoms with van der Waals surface area (Å²) in [5, 5.41) is 8.05. The predicted molar refractivity (Wildman–Crippen MR) is 96.5 cm³/mol. The van der Waals surface area contributed by atoms with E-state index in [0.29, 0.717) is 5.02 Å². The van der Waals surface area contributed by atoms with E-state index in [1.165, 1.54) is 0 Å². The van der Waals surface area contributed by atoms with Crippen LogP contribution in [0.25, 0.3) is 0 Å². The molecule has 0 aliphatic carbocycles. The van der Waals surface area contributed by atoms with Crippen LogP contribution in [-0.2, 0) is 0 Å². The number of rotatable bonds is 2. The van der Waals surface area contributed by atoms with Crippen molar-refractivity contribution in [3.05, 3.63) is 64.7 Å². The van der Waals surface area contributed by atoms with E-state index in [9.17, 15) is 0 Å². The van der Waals surface area contributed by atoms with Gasteiger partial charge >= 0.3 is 0 Å². The van der Waals surface area contributed by atoms with Crippen LogP contribution in [0.4, 0.5) is 5.69 Å². The maximum absolute atomic E-state index is 6.06. The molecule has 0 fully saturated rings. The van der Waals surface area contributed by atoms with Crippen LogP contribution in [0, 0.1) is 6.92 Å². The van der Waals surface area contributed by atoms with Gasteiger partial charge in [-0.1, -0.05) is 59.8 Å². The van der Waals surface area contributed by atoms with Gasteiger partial charge in [0.1, 0.15) is 0 Å². The molecule has 0 saturated heterocycles. The summed E-state index contributed by atoms with van der Waals surface area (Å²) in [4.78, 5) is 4.70. The molecule has 1 aliphatic heterocycles. The maximum Gasteiger partial charge on any atom is 0.185 e. The van der Waals surface area contributed by atoms with Gasteiger partial charge in [0.25, 0.3) is 0 Å². The normalized spacial score (nSPS) is 16.8. The number of aliphatic imine (C=N–C) groups is 1. The van der Waals surface area contributed by atoms with E-state index in [0.717, 1.165) is 33.4 Å². The number of hydrazone groups is 1. The highest BCUT2D eigenvalue weighted by Gasteiger charge is 2.17. The van der Waals surface area contributed by atoms with Crippen LogP contribution in [0.3, 0.4) is 0 Å². The molecule has 0 N–H and O–H groups in total. The molecule has 0 amide bonds. The van der Waals surface area contributed by atoms with Crippen molar-refractivity contribution >= 4 is 39.9 Å². The fourth-order valence-corrected chi connectivity index (χ4v) is 3.21. The molecule has 5 heteroatoms. The highest BCUT2D eigenvalue weighted by Crippen LogP contribution is 2.27. The zero-order valence-electron chi connectivity index (χ0n) is 12.5. The molecule has 0 atom stereocenters. The summed E-state index contributed by atoms with van der Waals surface area (Å²) < 4.78 is 0. The van der Waals surface area contributed by atoms with Crippen molar-refractivity contribution in [2.45, 2.75) is 6.92 Å². The number of amidine groups is 1. The topological polar surface area (TPSA) is 28.0 Å². The van der Waals surface area contributed by atoms with Gasteiger partial charge < -0.3 is 0 Å². The van der Waals surface area contributed by atoms with Gasteiger partial charge in [0, 0.05) is 17.8 Å². The summed E-state index contributed by atoms with van der Waals surface area (Å²) in [6, 6.07) is 16.0. The molecular formula is C17H16ClN3S. The van der Waals surface area contributed by atoms with Gasteiger partial charge in [0.2, 0.25) is 0 Å². The van der Waals surface area contributed by atoms with E-state index in [1.807, 2.05) is 55.4 Å². The van der Waals surface area contributed by atoms with Crippen LogP contribution in [0.15, 0.2) is 58.6 Å². The minimum atomic E-state index is 0.696. The minimum absolute atomic E-state index is 0.696. The fourth-order valence-electron chi connectivity index (χ4n) is 2.16. The number of aryl methyl sites for hydroxylation is 1. The molecule has 3 nitrogen and oxygen atoms in total. The average molecular weight is 330 g/mol. The van der Waals surface area contributed by atoms with Gasteiger partial charge in [-0.2, -0.15) is 5.10 Å². The molecule has 3 rings (SSSR count). The first-order valence-corrected chi connectivity index (χ1v) is 8.34. The molecule has 0 spiro atoms. The van der Waals surface area contributed by atoms with Crippen molar-refractivity contribution in [3.8, 4) is 0 Å². The van der Waals surface area contributed by atoms with Gasteiger partial charge in [-0.15, -0.1) is 0 Å². The van der Waals surface area contributed by atoms with E-state index in [4.69, 9.17) is 16.6 Å². The zero-order valence-corrected chi connectivity index (χ0v) is 14.0. The standard InChI is InChI=1S/C17H16ClN3S/c1-12-8-9-14(18)10-15(12)19-17-21(2)20-16(11-22-17)13-6-4-3-5-7-13/h3-10H,11H2,1-2H3. The third-order valence-corrected chi connectivity index (χ3v) is 4.65. The van der Waals surface area contributed by atoms with E-state index in [2.05, 4.69) is 17.2 Å². The Hall–Kier alpha value is -1.78. The summed E-state index contributed by atoms with van der Waals surface area (Å²) in [5.74, 6) is 0.812. The first kappa shape index (κ1) is 15.1. The summed E-state index contributed by atoms with van der Waals surface area (Å²) in [6.45, 7) is 2.03. The number of thioether (sulfide) groups is 1. The summed E-state index contributed by atoms with van der Waals surface area (Å²) in [6.07, 6.45) is 0. The first-order valence-electron chi connectivity index (χ1n) is 6.98. The summed E-state index contributed by atoms with van der Waals surface area (Å²) in [7, 11) is 1.92. The molecule has 0 unspecified atom stereocenters. The molecule has 2 aromatic rings. The quantitative estimate of drug-likeness (QED) is 0.797. The Morgan fingerprint density at radius 3 is 2.68 bits per heavy atom. The second-order valence-corrected chi connectivity index (χ2v) is 6.43. The van der Waals surface area contributed by atoms with Crippen LogP contribution in [0.5, 0.6) is 0 Å². The van der Waals surface area contributed by atoms with Gasteiger partial charge in [-0.3, -0.25) is 0 Å². The SMILES string of the molecule is Cc1ccc(Cl)cc1N=C1SCC(c2ccccc2)=NN1C. The Morgan fingerprint density at radius 1 is 1.18 bits per heavy atom. The third kappa shape index (κ3) is 3.34. The van der Waals surface area contributed by atoms with Gasteiger partial charge in [0.15, 0.2) is 5.17 Å². The zero-order chi connectivity index (χ0) is 15.5. The lowest BCUT2D eigenvalue weighted by atomic mass is 10.1. The average Bonchev–Trinajstić information content (AvgIpc) is 2.53. The minimum Gasteiger partial charge on any atom is -0.245 e. The molecule has 0 aromatic heterocycles. The van der Waals surface area contributed by atoms with Crippen molar-refractivity contribution in [3.63, 3.8) is 0 Å². The number of benzene rings is 2. The number of hydrogen-bond donors (Lipinski definition) is 0. The van der Waals surface area contributed by atoms with Crippen molar-refractivity contribution in [1.82, 2.24) is 5.01 Å². The number of hydrogen-bond acceptors (Lipinski definition) is 3. The molecule has 0 radical (unpaired) electrons. The molecular weight excluding hydrogens is 314 g/mol. The monoisotopic (exact) mass is 329 g/mol. The third-order valence-electron chi connectivity index (χ3n) is 3.38. The smallest absolute Gasteiger partial charge is 0.185 e. The Morgan fingerprint density at radius 2 is 1.95 bits per heavy atom. The van der Waals surface area contributed by atoms with Crippen LogP contribution in [-0.4, -0.2) is 28.7 Å². The Kier molecular flexibility index (Phi) is 4.50. The Bertz CT molecular complexity index is 741. The molecule has 1 heterocycles. The molecule has 22 heavy (non-hydrogen) atoms. The molecule has 2 aromatic carbocycles. The second-order valence-electron chi connectivity index (χ2n) is 5.05. The predicted octanol–water partition coefficient (Wildman–Crippen LogP) is 4.72. The van der Waals surface area contributed by atoms with Crippen molar-refractivity contribution in [1.29, 1.82) is 0 Å². The first-order chi connectivity index (χ1) is 10.6. The van der Waals surface area contributed by atoms with Crippen LogP contribution >= 0.6 is 23.4 Å². The lowest BCUT2D eigenvalue weighted by Gasteiger charge is -2.23. The Balaban J connectivity index is 1.88. The number of nitrogens with zero attached hydrogens (tertiary/aromatic N) is 3. The highest BCUT2D eigenvalue weighted by atomic mass is 35.5. The van der Waals surface area contributed by atoms with Crippen LogP contribution in [0.1, 0.15) is 11.1 Å². The molecule has 1 aliphatic rings. The van der Waals surface area contributed by atoms with Crippen molar-refractivity contribution in [2.75, 3.05) is 12.8 Å². The van der Waals surface area contributed by atoms with E-state index >= 15 is 0 Å². The highest BCUT2D eigenvalue weighted by molar-refractivity contribution is 8.14. The van der Waals surface area contributed by atoms with E-state index in [-0.39, 0.29) is 0 Å². The Labute approximate surface area is 139 Å². The van der Waals surface area contributed by atoms with Gasteiger partial charge in [-0.05, 0) is 30.2 Å². The van der Waals surface area contributed by atoms with Crippen molar-refractivity contribution < 1.29 is 0 Å². The summed E-state index contributed by atoms with van der Waals surface area (Å²) in [5.41, 5.74) is 4.21. The summed E-state index contributed by atoms with van der Waals surface area (Å²) >= 11 is 7.74. The lowest BCUT2D eigenvalue weighted by molar-refractivity contribution is 0.553. The van der Waals surface area contributed by atoms with Crippen LogP contribution < -0.4 is 0 Å². The number of halogens is 1. The molecule has 112 valence electrons. The van der Waals surface area contributed by atoms with Gasteiger partial charge in [-0.25, -0.2) is 10.0 Å². The van der Waals surface area contributed by atoms with E-state index in [1.54, 1.807) is 11.8 Å².